The van der Waals surface area contributed by atoms with Gasteiger partial charge >= 0.3 is 12.3 Å². The predicted molar refractivity (Wildman–Crippen MR) is 96.1 cm³/mol. The van der Waals surface area contributed by atoms with Gasteiger partial charge in [-0.2, -0.15) is 13.2 Å². The van der Waals surface area contributed by atoms with Gasteiger partial charge in [-0.25, -0.2) is 4.79 Å². The van der Waals surface area contributed by atoms with Crippen LogP contribution in [-0.4, -0.2) is 43.6 Å². The molecule has 2 amide bonds. The molecule has 1 aromatic rings. The number of ether oxygens (including phenoxy) is 1. The van der Waals surface area contributed by atoms with E-state index in [1.54, 1.807) is 6.07 Å². The molecule has 8 heteroatoms. The first-order valence-electron chi connectivity index (χ1n) is 9.02. The molecule has 1 fully saturated rings. The lowest BCUT2D eigenvalue weighted by molar-refractivity contribution is -0.138. The lowest BCUT2D eigenvalue weighted by Gasteiger charge is -2.30. The standard InChI is InChI=1S/C12H22N2O3.C7H5F3/c1-3-10(9-13-12(16)17-2)11(15)14-7-5-4-6-8-14;8-7(9,10)6-4-2-1-3-5-6/h10H,3-9H2,1-2H3,(H,13,16);1-5H. The summed E-state index contributed by atoms with van der Waals surface area (Å²) >= 11 is 0. The van der Waals surface area contributed by atoms with Crippen molar-refractivity contribution in [1.29, 1.82) is 0 Å². The Morgan fingerprint density at radius 2 is 1.74 bits per heavy atom. The van der Waals surface area contributed by atoms with Crippen LogP contribution in [0.1, 0.15) is 38.2 Å². The number of benzene rings is 1. The number of nitrogens with zero attached hydrogens (tertiary/aromatic N) is 1. The second-order valence-corrected chi connectivity index (χ2v) is 6.23. The average molecular weight is 388 g/mol. The van der Waals surface area contributed by atoms with Crippen LogP contribution in [-0.2, 0) is 15.7 Å². The van der Waals surface area contributed by atoms with Crippen molar-refractivity contribution in [3.63, 3.8) is 0 Å². The number of carbonyl (C=O) groups excluding carboxylic acids is 2. The summed E-state index contributed by atoms with van der Waals surface area (Å²) in [4.78, 5) is 25.1. The molecule has 0 aromatic heterocycles. The highest BCUT2D eigenvalue weighted by molar-refractivity contribution is 5.79. The molecule has 2 rings (SSSR count). The Morgan fingerprint density at radius 3 is 2.19 bits per heavy atom. The molecule has 1 aliphatic rings. The highest BCUT2D eigenvalue weighted by atomic mass is 19.4. The van der Waals surface area contributed by atoms with E-state index in [1.807, 2.05) is 11.8 Å². The first-order chi connectivity index (χ1) is 12.8. The first-order valence-corrected chi connectivity index (χ1v) is 9.02. The minimum absolute atomic E-state index is 0.132. The summed E-state index contributed by atoms with van der Waals surface area (Å²) in [6, 6.07) is 6.36. The number of carbonyl (C=O) groups is 2. The number of halogens is 3. The Balaban J connectivity index is 0.000000309. The SMILES string of the molecule is CCC(CNC(=O)OC)C(=O)N1CCCCC1.FC(F)(F)c1ccccc1. The normalized spacial score (nSPS) is 15.2. The molecule has 0 radical (unpaired) electrons. The fourth-order valence-electron chi connectivity index (χ4n) is 2.68. The van der Waals surface area contributed by atoms with Gasteiger partial charge in [0.05, 0.1) is 18.6 Å². The number of amides is 2. The first kappa shape index (κ1) is 22.8. The van der Waals surface area contributed by atoms with Crippen LogP contribution in [0.4, 0.5) is 18.0 Å². The molecule has 1 atom stereocenters. The van der Waals surface area contributed by atoms with Gasteiger partial charge in [0.1, 0.15) is 0 Å². The zero-order chi connectivity index (χ0) is 20.3. The quantitative estimate of drug-likeness (QED) is 0.845. The Morgan fingerprint density at radius 1 is 1.15 bits per heavy atom. The van der Waals surface area contributed by atoms with Crippen molar-refractivity contribution in [2.24, 2.45) is 5.92 Å². The molecule has 27 heavy (non-hydrogen) atoms. The summed E-state index contributed by atoms with van der Waals surface area (Å²) in [5, 5.41) is 2.59. The van der Waals surface area contributed by atoms with E-state index in [2.05, 4.69) is 10.1 Å². The number of hydrogen-bond donors (Lipinski definition) is 1. The third-order valence-corrected chi connectivity index (χ3v) is 4.29. The van der Waals surface area contributed by atoms with Crippen molar-refractivity contribution in [2.45, 2.75) is 38.8 Å². The highest BCUT2D eigenvalue weighted by Crippen LogP contribution is 2.28. The molecule has 0 aliphatic carbocycles. The van der Waals surface area contributed by atoms with E-state index in [4.69, 9.17) is 0 Å². The molecule has 1 unspecified atom stereocenters. The van der Waals surface area contributed by atoms with Crippen molar-refractivity contribution in [1.82, 2.24) is 10.2 Å². The summed E-state index contributed by atoms with van der Waals surface area (Å²) < 4.78 is 39.9. The maximum Gasteiger partial charge on any atom is 0.416 e. The van der Waals surface area contributed by atoms with Crippen molar-refractivity contribution in [3.8, 4) is 0 Å². The Labute approximate surface area is 157 Å². The zero-order valence-electron chi connectivity index (χ0n) is 15.7. The largest absolute Gasteiger partial charge is 0.453 e. The molecule has 5 nitrogen and oxygen atoms in total. The van der Waals surface area contributed by atoms with Gasteiger partial charge in [-0.05, 0) is 25.7 Å². The summed E-state index contributed by atoms with van der Waals surface area (Å²) in [5.74, 6) is 0.0239. The van der Waals surface area contributed by atoms with Crippen LogP contribution in [0.3, 0.4) is 0 Å². The van der Waals surface area contributed by atoms with Crippen molar-refractivity contribution >= 4 is 12.0 Å². The van der Waals surface area contributed by atoms with E-state index in [-0.39, 0.29) is 11.8 Å². The zero-order valence-corrected chi connectivity index (χ0v) is 15.7. The number of alkyl carbamates (subject to hydrolysis) is 1. The second kappa shape index (κ2) is 11.5. The summed E-state index contributed by atoms with van der Waals surface area (Å²) in [7, 11) is 1.32. The van der Waals surface area contributed by atoms with Gasteiger partial charge in [0.2, 0.25) is 5.91 Å². The molecule has 152 valence electrons. The van der Waals surface area contributed by atoms with Gasteiger partial charge in [-0.3, -0.25) is 4.79 Å². The maximum absolute atomic E-state index is 12.2. The molecule has 1 heterocycles. The number of methoxy groups -OCH3 is 1. The van der Waals surface area contributed by atoms with Crippen molar-refractivity contribution in [2.75, 3.05) is 26.7 Å². The lowest BCUT2D eigenvalue weighted by atomic mass is 10.0. The molecule has 0 bridgehead atoms. The van der Waals surface area contributed by atoms with Crippen LogP contribution in [0.2, 0.25) is 0 Å². The van der Waals surface area contributed by atoms with Crippen LogP contribution in [0, 0.1) is 5.92 Å². The predicted octanol–water partition coefficient (Wildman–Crippen LogP) is 4.09. The second-order valence-electron chi connectivity index (χ2n) is 6.23. The Hall–Kier alpha value is -2.25. The fourth-order valence-corrected chi connectivity index (χ4v) is 2.68. The van der Waals surface area contributed by atoms with Gasteiger partial charge < -0.3 is 15.0 Å². The molecule has 1 aromatic carbocycles. The van der Waals surface area contributed by atoms with E-state index >= 15 is 0 Å². The van der Waals surface area contributed by atoms with Gasteiger partial charge in [0.25, 0.3) is 0 Å². The summed E-state index contributed by atoms with van der Waals surface area (Å²) in [6.45, 7) is 4.03. The van der Waals surface area contributed by atoms with Crippen molar-refractivity contribution in [3.05, 3.63) is 35.9 Å². The van der Waals surface area contributed by atoms with E-state index in [1.165, 1.54) is 25.7 Å². The van der Waals surface area contributed by atoms with Gasteiger partial charge in [0.15, 0.2) is 0 Å². The summed E-state index contributed by atoms with van der Waals surface area (Å²) in [5.41, 5.74) is -0.602. The Kier molecular flexibility index (Phi) is 9.67. The highest BCUT2D eigenvalue weighted by Gasteiger charge is 2.29. The molecule has 0 saturated carbocycles. The number of piperidine rings is 1. The third-order valence-electron chi connectivity index (χ3n) is 4.29. The van der Waals surface area contributed by atoms with Crippen LogP contribution in [0.25, 0.3) is 0 Å². The molecular formula is C19H27F3N2O3. The van der Waals surface area contributed by atoms with Crippen molar-refractivity contribution < 1.29 is 27.5 Å². The number of alkyl halides is 3. The van der Waals surface area contributed by atoms with Crippen LogP contribution >= 0.6 is 0 Å². The lowest BCUT2D eigenvalue weighted by Crippen LogP contribution is -2.43. The monoisotopic (exact) mass is 388 g/mol. The van der Waals surface area contributed by atoms with Gasteiger partial charge in [-0.15, -0.1) is 0 Å². The minimum Gasteiger partial charge on any atom is -0.453 e. The topological polar surface area (TPSA) is 58.6 Å². The van der Waals surface area contributed by atoms with E-state index < -0.39 is 17.8 Å². The Bertz CT molecular complexity index is 573. The average Bonchev–Trinajstić information content (AvgIpc) is 2.69. The van der Waals surface area contributed by atoms with E-state index in [0.29, 0.717) is 6.54 Å². The van der Waals surface area contributed by atoms with Crippen LogP contribution in [0.5, 0.6) is 0 Å². The van der Waals surface area contributed by atoms with Crippen LogP contribution < -0.4 is 5.32 Å². The number of likely N-dealkylation sites (tertiary alicyclic amines) is 1. The molecule has 1 N–H and O–H groups in total. The maximum atomic E-state index is 12.2. The van der Waals surface area contributed by atoms with Gasteiger partial charge in [-0.1, -0.05) is 37.3 Å². The van der Waals surface area contributed by atoms with E-state index in [0.717, 1.165) is 44.5 Å². The minimum atomic E-state index is -4.21. The van der Waals surface area contributed by atoms with Gasteiger partial charge in [0, 0.05) is 19.6 Å². The number of hydrogen-bond acceptors (Lipinski definition) is 3. The molecule has 1 aliphatic heterocycles. The van der Waals surface area contributed by atoms with Crippen LogP contribution in [0.15, 0.2) is 30.3 Å². The molecule has 0 spiro atoms. The fraction of sp³-hybridized carbons (Fsp3) is 0.579. The van der Waals surface area contributed by atoms with E-state index in [9.17, 15) is 22.8 Å². The summed E-state index contributed by atoms with van der Waals surface area (Å²) in [6.07, 6.45) is -0.560. The molecular weight excluding hydrogens is 361 g/mol. The number of nitrogens with one attached hydrogen (secondary N) is 1. The number of rotatable bonds is 4. The third kappa shape index (κ3) is 8.32. The molecule has 1 saturated heterocycles. The smallest absolute Gasteiger partial charge is 0.416 e.